The van der Waals surface area contributed by atoms with Crippen LogP contribution in [0, 0.1) is 12.7 Å². The molecule has 0 unspecified atom stereocenters. The van der Waals surface area contributed by atoms with Crippen molar-refractivity contribution in [3.63, 3.8) is 0 Å². The molecule has 0 atom stereocenters. The maximum absolute atomic E-state index is 13.5. The van der Waals surface area contributed by atoms with Crippen LogP contribution < -0.4 is 4.74 Å². The quantitative estimate of drug-likeness (QED) is 0.781. The molecular weight excluding hydrogens is 235 g/mol. The van der Waals surface area contributed by atoms with Gasteiger partial charge in [0.2, 0.25) is 0 Å². The first kappa shape index (κ1) is 12.3. The highest BCUT2D eigenvalue weighted by atomic mass is 19.1. The predicted molar refractivity (Wildman–Crippen MR) is 64.3 cm³/mol. The Morgan fingerprint density at radius 2 is 2.17 bits per heavy atom. The number of aryl methyl sites for hydroxylation is 1. The van der Waals surface area contributed by atoms with E-state index in [4.69, 9.17) is 4.74 Å². The number of carbonyl (C=O) groups excluding carboxylic acids is 1. The summed E-state index contributed by atoms with van der Waals surface area (Å²) in [7, 11) is 3.13. The lowest BCUT2D eigenvalue weighted by Gasteiger charge is -2.04. The zero-order valence-corrected chi connectivity index (χ0v) is 10.4. The van der Waals surface area contributed by atoms with Crippen molar-refractivity contribution >= 4 is 5.78 Å². The number of aromatic nitrogens is 2. The van der Waals surface area contributed by atoms with Crippen LogP contribution >= 0.6 is 0 Å². The fourth-order valence-corrected chi connectivity index (χ4v) is 1.68. The highest BCUT2D eigenvalue weighted by Gasteiger charge is 2.16. The van der Waals surface area contributed by atoms with Gasteiger partial charge in [-0.15, -0.1) is 0 Å². The Morgan fingerprint density at radius 3 is 2.67 bits per heavy atom. The lowest BCUT2D eigenvalue weighted by atomic mass is 10.0. The molecule has 94 valence electrons. The van der Waals surface area contributed by atoms with Crippen molar-refractivity contribution in [1.29, 1.82) is 0 Å². The van der Waals surface area contributed by atoms with E-state index in [0.717, 1.165) is 5.69 Å². The van der Waals surface area contributed by atoms with Crippen molar-refractivity contribution in [1.82, 2.24) is 9.78 Å². The molecule has 4 nitrogen and oxygen atoms in total. The van der Waals surface area contributed by atoms with Crippen LogP contribution in [0.25, 0.3) is 0 Å². The van der Waals surface area contributed by atoms with Crippen molar-refractivity contribution in [3.05, 3.63) is 47.0 Å². The highest BCUT2D eigenvalue weighted by molar-refractivity contribution is 6.09. The molecular formula is C13H13FN2O2. The van der Waals surface area contributed by atoms with Crippen molar-refractivity contribution in [2.45, 2.75) is 6.92 Å². The summed E-state index contributed by atoms with van der Waals surface area (Å²) in [6, 6.07) is 4.15. The van der Waals surface area contributed by atoms with Gasteiger partial charge in [-0.3, -0.25) is 9.48 Å². The molecule has 0 fully saturated rings. The third-order valence-electron chi connectivity index (χ3n) is 2.89. The zero-order chi connectivity index (χ0) is 13.3. The first-order valence-corrected chi connectivity index (χ1v) is 5.41. The summed E-state index contributed by atoms with van der Waals surface area (Å²) < 4.78 is 19.9. The third kappa shape index (κ3) is 1.99. The van der Waals surface area contributed by atoms with Crippen LogP contribution in [-0.2, 0) is 7.05 Å². The Bertz CT molecular complexity index is 605. The largest absolute Gasteiger partial charge is 0.494 e. The Hall–Kier alpha value is -2.17. The molecule has 0 spiro atoms. The predicted octanol–water partition coefficient (Wildman–Crippen LogP) is 2.11. The van der Waals surface area contributed by atoms with Crippen LogP contribution in [0.15, 0.2) is 24.4 Å². The van der Waals surface area contributed by atoms with Gasteiger partial charge in [0.15, 0.2) is 17.3 Å². The fraction of sp³-hybridized carbons (Fsp3) is 0.231. The van der Waals surface area contributed by atoms with E-state index in [1.807, 2.05) is 0 Å². The normalized spacial score (nSPS) is 10.4. The van der Waals surface area contributed by atoms with Crippen LogP contribution in [0.2, 0.25) is 0 Å². The molecule has 0 aliphatic heterocycles. The van der Waals surface area contributed by atoms with E-state index in [9.17, 15) is 9.18 Å². The van der Waals surface area contributed by atoms with E-state index in [2.05, 4.69) is 5.10 Å². The summed E-state index contributed by atoms with van der Waals surface area (Å²) >= 11 is 0. The molecule has 0 N–H and O–H groups in total. The molecule has 0 saturated heterocycles. The Labute approximate surface area is 104 Å². The zero-order valence-electron chi connectivity index (χ0n) is 10.4. The number of methoxy groups -OCH3 is 1. The second-order valence-corrected chi connectivity index (χ2v) is 3.95. The van der Waals surface area contributed by atoms with Gasteiger partial charge in [0.1, 0.15) is 0 Å². The summed E-state index contributed by atoms with van der Waals surface area (Å²) in [5.74, 6) is -0.679. The lowest BCUT2D eigenvalue weighted by Crippen LogP contribution is -2.04. The second-order valence-electron chi connectivity index (χ2n) is 3.95. The van der Waals surface area contributed by atoms with Crippen molar-refractivity contribution in [3.8, 4) is 5.75 Å². The molecule has 0 aliphatic carbocycles. The summed E-state index contributed by atoms with van der Waals surface area (Å²) in [6.45, 7) is 1.79. The molecule has 0 radical (unpaired) electrons. The molecule has 1 aromatic heterocycles. The van der Waals surface area contributed by atoms with Crippen LogP contribution in [0.1, 0.15) is 21.6 Å². The van der Waals surface area contributed by atoms with Crippen LogP contribution in [-0.4, -0.2) is 22.7 Å². The number of rotatable bonds is 3. The van der Waals surface area contributed by atoms with E-state index in [-0.39, 0.29) is 17.1 Å². The third-order valence-corrected chi connectivity index (χ3v) is 2.89. The Balaban J connectivity index is 2.40. The van der Waals surface area contributed by atoms with Gasteiger partial charge >= 0.3 is 0 Å². The van der Waals surface area contributed by atoms with E-state index in [0.29, 0.717) is 5.56 Å². The fourth-order valence-electron chi connectivity index (χ4n) is 1.68. The number of benzene rings is 1. The molecule has 5 heteroatoms. The molecule has 2 aromatic rings. The van der Waals surface area contributed by atoms with E-state index in [1.54, 1.807) is 18.7 Å². The van der Waals surface area contributed by atoms with Gasteiger partial charge in [0.25, 0.3) is 0 Å². The molecule has 1 aromatic carbocycles. The first-order valence-electron chi connectivity index (χ1n) is 5.41. The smallest absolute Gasteiger partial charge is 0.196 e. The van der Waals surface area contributed by atoms with Gasteiger partial charge in [-0.1, -0.05) is 0 Å². The molecule has 0 aliphatic rings. The van der Waals surface area contributed by atoms with Gasteiger partial charge in [0.05, 0.1) is 18.9 Å². The number of ketones is 1. The topological polar surface area (TPSA) is 44.1 Å². The average Bonchev–Trinajstić information content (AvgIpc) is 2.69. The minimum Gasteiger partial charge on any atom is -0.494 e. The SMILES string of the molecule is COc1ccc(C(=O)c2cnn(C)c2C)cc1F. The molecule has 0 saturated carbocycles. The van der Waals surface area contributed by atoms with Crippen LogP contribution in [0.5, 0.6) is 5.75 Å². The Kier molecular flexibility index (Phi) is 3.14. The molecule has 1 heterocycles. The number of hydrogen-bond acceptors (Lipinski definition) is 3. The summed E-state index contributed by atoms with van der Waals surface area (Å²) in [4.78, 5) is 12.2. The standard InChI is InChI=1S/C13H13FN2O2/c1-8-10(7-15-16(8)2)13(17)9-4-5-12(18-3)11(14)6-9/h4-7H,1-3H3. The molecule has 2 rings (SSSR count). The number of carbonyl (C=O) groups is 1. The van der Waals surface area contributed by atoms with Gasteiger partial charge in [-0.05, 0) is 25.1 Å². The Morgan fingerprint density at radius 1 is 1.44 bits per heavy atom. The number of nitrogens with zero attached hydrogens (tertiary/aromatic N) is 2. The molecule has 0 amide bonds. The number of ether oxygens (including phenoxy) is 1. The van der Waals surface area contributed by atoms with Crippen molar-refractivity contribution in [2.75, 3.05) is 7.11 Å². The van der Waals surface area contributed by atoms with Gasteiger partial charge in [-0.2, -0.15) is 5.10 Å². The van der Waals surface area contributed by atoms with Crippen molar-refractivity contribution in [2.24, 2.45) is 7.05 Å². The maximum Gasteiger partial charge on any atom is 0.196 e. The number of halogens is 1. The first-order chi connectivity index (χ1) is 8.54. The average molecular weight is 248 g/mol. The highest BCUT2D eigenvalue weighted by Crippen LogP contribution is 2.20. The van der Waals surface area contributed by atoms with Gasteiger partial charge < -0.3 is 4.74 Å². The van der Waals surface area contributed by atoms with E-state index >= 15 is 0 Å². The summed E-state index contributed by atoms with van der Waals surface area (Å²) in [5, 5.41) is 4.00. The van der Waals surface area contributed by atoms with Crippen LogP contribution in [0.3, 0.4) is 0 Å². The summed E-state index contributed by atoms with van der Waals surface area (Å²) in [5.41, 5.74) is 1.50. The van der Waals surface area contributed by atoms with E-state index < -0.39 is 5.82 Å². The summed E-state index contributed by atoms with van der Waals surface area (Å²) in [6.07, 6.45) is 1.49. The van der Waals surface area contributed by atoms with Gasteiger partial charge in [0, 0.05) is 18.3 Å². The maximum atomic E-state index is 13.5. The number of hydrogen-bond donors (Lipinski definition) is 0. The second kappa shape index (κ2) is 4.60. The van der Waals surface area contributed by atoms with E-state index in [1.165, 1.54) is 31.5 Å². The van der Waals surface area contributed by atoms with Gasteiger partial charge in [-0.25, -0.2) is 4.39 Å². The monoisotopic (exact) mass is 248 g/mol. The van der Waals surface area contributed by atoms with Crippen LogP contribution in [0.4, 0.5) is 4.39 Å². The molecule has 0 bridgehead atoms. The minimum absolute atomic E-state index is 0.120. The lowest BCUT2D eigenvalue weighted by molar-refractivity contribution is 0.103. The minimum atomic E-state index is -0.551. The van der Waals surface area contributed by atoms with Crippen molar-refractivity contribution < 1.29 is 13.9 Å². The molecule has 18 heavy (non-hydrogen) atoms.